The predicted octanol–water partition coefficient (Wildman–Crippen LogP) is 1.01. The van der Waals surface area contributed by atoms with Crippen LogP contribution in [0.4, 0.5) is 4.79 Å². The van der Waals surface area contributed by atoms with Crippen LogP contribution in [0.1, 0.15) is 6.42 Å². The van der Waals surface area contributed by atoms with Gasteiger partial charge in [-0.05, 0) is 0 Å². The summed E-state index contributed by atoms with van der Waals surface area (Å²) in [6, 6.07) is -1.62. The van der Waals surface area contributed by atoms with E-state index in [1.807, 2.05) is 0 Å². The number of carboxylic acid groups (broad SMARTS) is 2. The first kappa shape index (κ1) is 16.1. The fraction of sp³-hybridized carbons (Fsp3) is 0.571. The van der Waals surface area contributed by atoms with Crippen molar-refractivity contribution in [2.75, 3.05) is 6.61 Å². The van der Waals surface area contributed by atoms with Crippen molar-refractivity contribution in [3.05, 3.63) is 0 Å². The summed E-state index contributed by atoms with van der Waals surface area (Å²) in [4.78, 5) is 31.9. The van der Waals surface area contributed by atoms with Crippen LogP contribution in [0.5, 0.6) is 0 Å². The molecular weight excluding hydrogens is 300 g/mol. The maximum atomic E-state index is 11.0. The fourth-order valence-electron chi connectivity index (χ4n) is 0.706. The van der Waals surface area contributed by atoms with Crippen LogP contribution in [0, 0.1) is 0 Å². The topological polar surface area (TPSA) is 113 Å². The van der Waals surface area contributed by atoms with Crippen LogP contribution in [-0.4, -0.2) is 44.7 Å². The smallest absolute Gasteiger partial charge is 0.408 e. The van der Waals surface area contributed by atoms with Crippen LogP contribution in [0.15, 0.2) is 0 Å². The molecule has 0 bridgehead atoms. The zero-order chi connectivity index (χ0) is 13.6. The number of amides is 1. The molecule has 98 valence electrons. The number of carbonyl (C=O) groups is 3. The molecule has 0 unspecified atom stereocenters. The van der Waals surface area contributed by atoms with E-state index in [4.69, 9.17) is 45.0 Å². The Balaban J connectivity index is 4.22. The zero-order valence-corrected chi connectivity index (χ0v) is 10.4. The molecule has 0 aromatic rings. The number of alkyl carbamates (subject to hydrolysis) is 1. The van der Waals surface area contributed by atoms with E-state index in [2.05, 4.69) is 4.74 Å². The zero-order valence-electron chi connectivity index (χ0n) is 8.15. The Bertz CT molecular complexity index is 315. The van der Waals surface area contributed by atoms with E-state index in [0.29, 0.717) is 0 Å². The van der Waals surface area contributed by atoms with Crippen molar-refractivity contribution in [1.29, 1.82) is 0 Å². The first-order chi connectivity index (χ1) is 7.61. The Morgan fingerprint density at radius 2 is 1.76 bits per heavy atom. The van der Waals surface area contributed by atoms with Gasteiger partial charge in [0.15, 0.2) is 0 Å². The molecule has 0 aromatic carbocycles. The van der Waals surface area contributed by atoms with E-state index < -0.39 is 40.9 Å². The minimum Gasteiger partial charge on any atom is -0.481 e. The van der Waals surface area contributed by atoms with Crippen LogP contribution in [-0.2, 0) is 14.3 Å². The molecule has 0 saturated carbocycles. The average Bonchev–Trinajstić information content (AvgIpc) is 2.11. The third kappa shape index (κ3) is 8.84. The minimum absolute atomic E-state index is 0.594. The Hall–Kier alpha value is -0.920. The van der Waals surface area contributed by atoms with Crippen molar-refractivity contribution >= 4 is 52.8 Å². The van der Waals surface area contributed by atoms with E-state index in [1.165, 1.54) is 0 Å². The normalized spacial score (nSPS) is 12.6. The first-order valence-electron chi connectivity index (χ1n) is 4.06. The summed E-state index contributed by atoms with van der Waals surface area (Å²) in [5.74, 6) is -2.91. The largest absolute Gasteiger partial charge is 0.481 e. The Labute approximate surface area is 111 Å². The second kappa shape index (κ2) is 6.73. The Morgan fingerprint density at radius 3 is 2.12 bits per heavy atom. The highest BCUT2D eigenvalue weighted by molar-refractivity contribution is 6.67. The SMILES string of the molecule is O=C(O)C[C@H](NC(=O)OCC(Cl)(Cl)Cl)C(=O)O. The number of ether oxygens (including phenoxy) is 1. The lowest BCUT2D eigenvalue weighted by molar-refractivity contribution is -0.145. The lowest BCUT2D eigenvalue weighted by Crippen LogP contribution is -2.43. The summed E-state index contributed by atoms with van der Waals surface area (Å²) >= 11 is 15.8. The quantitative estimate of drug-likeness (QED) is 0.653. The molecule has 0 radical (unpaired) electrons. The van der Waals surface area contributed by atoms with Gasteiger partial charge in [-0.25, -0.2) is 9.59 Å². The van der Waals surface area contributed by atoms with Gasteiger partial charge >= 0.3 is 18.0 Å². The summed E-state index contributed by atoms with van der Waals surface area (Å²) in [6.45, 7) is -0.594. The first-order valence-corrected chi connectivity index (χ1v) is 5.20. The number of nitrogens with one attached hydrogen (secondary N) is 1. The number of carboxylic acids is 2. The third-order valence-corrected chi connectivity index (χ3v) is 1.66. The number of hydrogen-bond acceptors (Lipinski definition) is 4. The molecule has 0 rings (SSSR count). The molecule has 0 aliphatic heterocycles. The van der Waals surface area contributed by atoms with E-state index in [9.17, 15) is 14.4 Å². The number of alkyl halides is 3. The van der Waals surface area contributed by atoms with Crippen molar-refractivity contribution in [2.24, 2.45) is 0 Å². The van der Waals surface area contributed by atoms with E-state index in [-0.39, 0.29) is 0 Å². The van der Waals surface area contributed by atoms with Gasteiger partial charge in [0, 0.05) is 0 Å². The highest BCUT2D eigenvalue weighted by Crippen LogP contribution is 2.25. The lowest BCUT2D eigenvalue weighted by atomic mass is 10.2. The predicted molar refractivity (Wildman–Crippen MR) is 58.5 cm³/mol. The Kier molecular flexibility index (Phi) is 6.36. The molecule has 7 nitrogen and oxygen atoms in total. The van der Waals surface area contributed by atoms with Crippen molar-refractivity contribution in [1.82, 2.24) is 5.32 Å². The van der Waals surface area contributed by atoms with Gasteiger partial charge in [-0.2, -0.15) is 0 Å². The van der Waals surface area contributed by atoms with Crippen LogP contribution >= 0.6 is 34.8 Å². The molecule has 0 spiro atoms. The van der Waals surface area contributed by atoms with Crippen LogP contribution in [0.25, 0.3) is 0 Å². The summed E-state index contributed by atoms with van der Waals surface area (Å²) in [7, 11) is 0. The highest BCUT2D eigenvalue weighted by Gasteiger charge is 2.26. The average molecular weight is 309 g/mol. The monoisotopic (exact) mass is 307 g/mol. The third-order valence-electron chi connectivity index (χ3n) is 1.34. The second-order valence-corrected chi connectivity index (χ2v) is 5.34. The molecule has 0 aromatic heterocycles. The second-order valence-electron chi connectivity index (χ2n) is 2.82. The van der Waals surface area contributed by atoms with Gasteiger partial charge in [-0.1, -0.05) is 34.8 Å². The highest BCUT2D eigenvalue weighted by atomic mass is 35.6. The van der Waals surface area contributed by atoms with Gasteiger partial charge in [0.1, 0.15) is 12.6 Å². The fourth-order valence-corrected chi connectivity index (χ4v) is 0.870. The molecule has 0 heterocycles. The van der Waals surface area contributed by atoms with Crippen molar-refractivity contribution < 1.29 is 29.3 Å². The summed E-state index contributed by atoms with van der Waals surface area (Å²) < 4.78 is 2.54. The van der Waals surface area contributed by atoms with Gasteiger partial charge in [0.05, 0.1) is 6.42 Å². The number of aliphatic carboxylic acids is 2. The molecule has 0 aliphatic rings. The molecule has 3 N–H and O–H groups in total. The van der Waals surface area contributed by atoms with Crippen molar-refractivity contribution in [3.8, 4) is 0 Å². The molecular formula is C7H8Cl3NO6. The number of hydrogen-bond donors (Lipinski definition) is 3. The van der Waals surface area contributed by atoms with Crippen LogP contribution < -0.4 is 5.32 Å². The van der Waals surface area contributed by atoms with E-state index >= 15 is 0 Å². The lowest BCUT2D eigenvalue weighted by Gasteiger charge is -2.15. The minimum atomic E-state index is -1.83. The van der Waals surface area contributed by atoms with Gasteiger partial charge < -0.3 is 20.3 Å². The molecule has 17 heavy (non-hydrogen) atoms. The van der Waals surface area contributed by atoms with Gasteiger partial charge in [-0.15, -0.1) is 0 Å². The van der Waals surface area contributed by atoms with Crippen LogP contribution in [0.2, 0.25) is 0 Å². The maximum absolute atomic E-state index is 11.0. The molecule has 1 atom stereocenters. The molecule has 10 heteroatoms. The summed E-state index contributed by atoms with van der Waals surface area (Å²) in [6.07, 6.45) is -1.98. The molecule has 0 fully saturated rings. The Morgan fingerprint density at radius 1 is 1.24 bits per heavy atom. The van der Waals surface area contributed by atoms with Gasteiger partial charge in [0.2, 0.25) is 3.79 Å². The van der Waals surface area contributed by atoms with E-state index in [1.54, 1.807) is 5.32 Å². The van der Waals surface area contributed by atoms with E-state index in [0.717, 1.165) is 0 Å². The summed E-state index contributed by atoms with van der Waals surface area (Å²) in [5, 5.41) is 18.8. The van der Waals surface area contributed by atoms with Crippen molar-refractivity contribution in [3.63, 3.8) is 0 Å². The molecule has 0 saturated heterocycles. The van der Waals surface area contributed by atoms with Crippen LogP contribution in [0.3, 0.4) is 0 Å². The molecule has 1 amide bonds. The van der Waals surface area contributed by atoms with Gasteiger partial charge in [0.25, 0.3) is 0 Å². The molecule has 0 aliphatic carbocycles. The van der Waals surface area contributed by atoms with Crippen molar-refractivity contribution in [2.45, 2.75) is 16.3 Å². The van der Waals surface area contributed by atoms with Gasteiger partial charge in [-0.3, -0.25) is 4.79 Å². The number of halogens is 3. The maximum Gasteiger partial charge on any atom is 0.408 e. The standard InChI is InChI=1S/C7H8Cl3NO6/c8-7(9,10)2-17-6(16)11-3(5(14)15)1-4(12)13/h3H,1-2H2,(H,11,16)(H,12,13)(H,14,15)/t3-/m0/s1. The number of carbonyl (C=O) groups excluding carboxylic acids is 1. The number of rotatable bonds is 5. The summed E-state index contributed by atoms with van der Waals surface area (Å²) in [5.41, 5.74) is 0.